The molecule has 15 heavy (non-hydrogen) atoms. The molecule has 2 N–H and O–H groups in total. The molecule has 1 aliphatic carbocycles. The monoisotopic (exact) mass is 309 g/mol. The van der Waals surface area contributed by atoms with Gasteiger partial charge in [0, 0.05) is 15.5 Å². The number of halogens is 3. The van der Waals surface area contributed by atoms with E-state index in [2.05, 4.69) is 15.9 Å². The van der Waals surface area contributed by atoms with Gasteiger partial charge in [0.2, 0.25) is 0 Å². The molecule has 1 fully saturated rings. The summed E-state index contributed by atoms with van der Waals surface area (Å²) >= 11 is 9.53. The van der Waals surface area contributed by atoms with Crippen LogP contribution in [0, 0.1) is 5.92 Å². The van der Waals surface area contributed by atoms with Crippen LogP contribution in [0.2, 0.25) is 5.02 Å². The molecule has 0 radical (unpaired) electrons. The largest absolute Gasteiger partial charge is 0.324 e. The van der Waals surface area contributed by atoms with Crippen molar-refractivity contribution in [2.45, 2.75) is 25.3 Å². The lowest BCUT2D eigenvalue weighted by Gasteiger charge is -2.31. The maximum absolute atomic E-state index is 6.15. The fourth-order valence-corrected chi connectivity index (χ4v) is 2.62. The molecule has 0 amide bonds. The van der Waals surface area contributed by atoms with Crippen LogP contribution in [0.25, 0.3) is 0 Å². The van der Waals surface area contributed by atoms with E-state index in [9.17, 15) is 0 Å². The second-order valence-corrected chi connectivity index (χ2v) is 5.21. The highest BCUT2D eigenvalue weighted by molar-refractivity contribution is 9.10. The van der Waals surface area contributed by atoms with Gasteiger partial charge in [-0.2, -0.15) is 0 Å². The molecule has 1 aromatic rings. The lowest BCUT2D eigenvalue weighted by atomic mass is 9.77. The van der Waals surface area contributed by atoms with Crippen LogP contribution < -0.4 is 5.73 Å². The second-order valence-electron chi connectivity index (χ2n) is 3.88. The molecule has 1 saturated carbocycles. The Morgan fingerprint density at radius 3 is 2.53 bits per heavy atom. The molecule has 1 nitrogen and oxygen atoms in total. The zero-order valence-electron chi connectivity index (χ0n) is 8.25. The first-order valence-corrected chi connectivity index (χ1v) is 6.06. The molecule has 1 aromatic carbocycles. The summed E-state index contributed by atoms with van der Waals surface area (Å²) in [6.45, 7) is 0. The number of rotatable bonds is 2. The van der Waals surface area contributed by atoms with Crippen LogP contribution in [0.15, 0.2) is 22.7 Å². The van der Waals surface area contributed by atoms with Crippen LogP contribution in [-0.2, 0) is 0 Å². The standard InChI is InChI=1S/C11H13BrClN.ClH/c12-8-4-5-9(10(13)6-8)11(14)7-2-1-3-7;/h4-7,11H,1-3,14H2;1H/t11-;/m1./s1. The first kappa shape index (κ1) is 13.3. The summed E-state index contributed by atoms with van der Waals surface area (Å²) in [5.74, 6) is 0.633. The van der Waals surface area contributed by atoms with Crippen LogP contribution in [-0.4, -0.2) is 0 Å². The molecular formula is C11H14BrCl2N. The molecule has 0 heterocycles. The Labute approximate surface area is 110 Å². The average Bonchev–Trinajstić information content (AvgIpc) is 2.00. The first-order valence-electron chi connectivity index (χ1n) is 4.89. The Balaban J connectivity index is 0.00000112. The maximum Gasteiger partial charge on any atom is 0.0465 e. The Hall–Kier alpha value is 0.240. The van der Waals surface area contributed by atoms with Gasteiger partial charge in [-0.1, -0.05) is 40.0 Å². The van der Waals surface area contributed by atoms with E-state index in [0.29, 0.717) is 5.92 Å². The van der Waals surface area contributed by atoms with Gasteiger partial charge in [0.15, 0.2) is 0 Å². The van der Waals surface area contributed by atoms with Crippen molar-refractivity contribution in [3.63, 3.8) is 0 Å². The first-order chi connectivity index (χ1) is 6.68. The Bertz CT molecular complexity index is 339. The second kappa shape index (κ2) is 5.53. The van der Waals surface area contributed by atoms with E-state index in [1.54, 1.807) is 0 Å². The van der Waals surface area contributed by atoms with Crippen LogP contribution in [0.1, 0.15) is 30.9 Å². The van der Waals surface area contributed by atoms with Crippen molar-refractivity contribution in [3.8, 4) is 0 Å². The molecule has 1 atom stereocenters. The zero-order valence-corrected chi connectivity index (χ0v) is 11.4. The van der Waals surface area contributed by atoms with Gasteiger partial charge in [-0.3, -0.25) is 0 Å². The third-order valence-corrected chi connectivity index (χ3v) is 3.80. The van der Waals surface area contributed by atoms with Crippen LogP contribution in [0.5, 0.6) is 0 Å². The molecular weight excluding hydrogens is 297 g/mol. The van der Waals surface area contributed by atoms with Gasteiger partial charge in [0.25, 0.3) is 0 Å². The number of hydrogen-bond donors (Lipinski definition) is 1. The highest BCUT2D eigenvalue weighted by Gasteiger charge is 2.26. The third kappa shape index (κ3) is 2.88. The molecule has 2 rings (SSSR count). The van der Waals surface area contributed by atoms with E-state index in [1.807, 2.05) is 18.2 Å². The predicted molar refractivity (Wildman–Crippen MR) is 70.7 cm³/mol. The Morgan fingerprint density at radius 2 is 2.07 bits per heavy atom. The smallest absolute Gasteiger partial charge is 0.0465 e. The van der Waals surface area contributed by atoms with Gasteiger partial charge < -0.3 is 5.73 Å². The predicted octanol–water partition coefficient (Wildman–Crippen LogP) is 4.32. The Kier molecular flexibility index (Phi) is 4.91. The quantitative estimate of drug-likeness (QED) is 0.864. The third-order valence-electron chi connectivity index (χ3n) is 2.98. The molecule has 0 unspecified atom stereocenters. The van der Waals surface area contributed by atoms with Crippen molar-refractivity contribution < 1.29 is 0 Å². The average molecular weight is 311 g/mol. The lowest BCUT2D eigenvalue weighted by molar-refractivity contribution is 0.264. The van der Waals surface area contributed by atoms with Crippen molar-refractivity contribution >= 4 is 39.9 Å². The van der Waals surface area contributed by atoms with E-state index in [-0.39, 0.29) is 18.4 Å². The van der Waals surface area contributed by atoms with E-state index in [0.717, 1.165) is 15.1 Å². The number of nitrogens with two attached hydrogens (primary N) is 1. The Morgan fingerprint density at radius 1 is 1.40 bits per heavy atom. The van der Waals surface area contributed by atoms with E-state index < -0.39 is 0 Å². The molecule has 0 spiro atoms. The topological polar surface area (TPSA) is 26.0 Å². The summed E-state index contributed by atoms with van der Waals surface area (Å²) in [5, 5.41) is 0.777. The molecule has 0 aromatic heterocycles. The minimum Gasteiger partial charge on any atom is -0.324 e. The number of hydrogen-bond acceptors (Lipinski definition) is 1. The molecule has 0 saturated heterocycles. The highest BCUT2D eigenvalue weighted by atomic mass is 79.9. The van der Waals surface area contributed by atoms with Gasteiger partial charge in [-0.15, -0.1) is 12.4 Å². The normalized spacial score (nSPS) is 17.8. The minimum atomic E-state index is 0. The zero-order chi connectivity index (χ0) is 10.1. The van der Waals surface area contributed by atoms with Crippen molar-refractivity contribution in [2.75, 3.05) is 0 Å². The van der Waals surface area contributed by atoms with Crippen molar-refractivity contribution in [1.29, 1.82) is 0 Å². The lowest BCUT2D eigenvalue weighted by Crippen LogP contribution is -2.27. The molecule has 0 aliphatic heterocycles. The molecule has 84 valence electrons. The van der Waals surface area contributed by atoms with E-state index in [1.165, 1.54) is 19.3 Å². The van der Waals surface area contributed by atoms with E-state index in [4.69, 9.17) is 17.3 Å². The van der Waals surface area contributed by atoms with Gasteiger partial charge in [-0.25, -0.2) is 0 Å². The SMILES string of the molecule is Cl.N[C@@H](c1ccc(Br)cc1Cl)C1CCC1. The van der Waals surface area contributed by atoms with Gasteiger partial charge >= 0.3 is 0 Å². The van der Waals surface area contributed by atoms with Crippen LogP contribution in [0.3, 0.4) is 0 Å². The van der Waals surface area contributed by atoms with Crippen LogP contribution >= 0.6 is 39.9 Å². The minimum absolute atomic E-state index is 0. The van der Waals surface area contributed by atoms with E-state index >= 15 is 0 Å². The summed E-state index contributed by atoms with van der Waals surface area (Å²) in [6, 6.07) is 6.05. The van der Waals surface area contributed by atoms with Gasteiger partial charge in [-0.05, 0) is 36.5 Å². The summed E-state index contributed by atoms with van der Waals surface area (Å²) in [5.41, 5.74) is 7.23. The summed E-state index contributed by atoms with van der Waals surface area (Å²) in [6.07, 6.45) is 3.80. The summed E-state index contributed by atoms with van der Waals surface area (Å²) in [4.78, 5) is 0. The highest BCUT2D eigenvalue weighted by Crippen LogP contribution is 2.38. The number of benzene rings is 1. The summed E-state index contributed by atoms with van der Waals surface area (Å²) < 4.78 is 1.01. The van der Waals surface area contributed by atoms with Crippen molar-refractivity contribution in [2.24, 2.45) is 11.7 Å². The fraction of sp³-hybridized carbons (Fsp3) is 0.455. The fourth-order valence-electron chi connectivity index (χ4n) is 1.82. The van der Waals surface area contributed by atoms with Crippen LogP contribution in [0.4, 0.5) is 0 Å². The molecule has 0 bridgehead atoms. The van der Waals surface area contributed by atoms with Crippen molar-refractivity contribution in [1.82, 2.24) is 0 Å². The molecule has 4 heteroatoms. The maximum atomic E-state index is 6.15. The molecule has 1 aliphatic rings. The van der Waals surface area contributed by atoms with Gasteiger partial charge in [0.05, 0.1) is 0 Å². The van der Waals surface area contributed by atoms with Crippen molar-refractivity contribution in [3.05, 3.63) is 33.3 Å². The summed E-state index contributed by atoms with van der Waals surface area (Å²) in [7, 11) is 0. The van der Waals surface area contributed by atoms with Gasteiger partial charge in [0.1, 0.15) is 0 Å².